The Morgan fingerprint density at radius 3 is 2.58 bits per heavy atom. The number of carbonyl (C=O) groups excluding carboxylic acids is 2. The highest BCUT2D eigenvalue weighted by molar-refractivity contribution is 5.98. The van der Waals surface area contributed by atoms with Gasteiger partial charge >= 0.3 is 0 Å². The van der Waals surface area contributed by atoms with Gasteiger partial charge in [0.15, 0.2) is 0 Å². The Balaban J connectivity index is 2.24. The lowest BCUT2D eigenvalue weighted by Crippen LogP contribution is -2.45. The molecule has 0 bridgehead atoms. The van der Waals surface area contributed by atoms with Gasteiger partial charge in [-0.05, 0) is 31.4 Å². The van der Waals surface area contributed by atoms with E-state index in [1.165, 1.54) is 0 Å². The first-order valence-electron chi connectivity index (χ1n) is 6.60. The minimum atomic E-state index is -0.304. The van der Waals surface area contributed by atoms with Crippen molar-refractivity contribution in [2.24, 2.45) is 0 Å². The summed E-state index contributed by atoms with van der Waals surface area (Å²) in [6.07, 6.45) is 1.65. The van der Waals surface area contributed by atoms with Gasteiger partial charge in [0.05, 0.1) is 0 Å². The summed E-state index contributed by atoms with van der Waals surface area (Å²) < 4.78 is 0. The van der Waals surface area contributed by atoms with Crippen LogP contribution in [0.3, 0.4) is 0 Å². The summed E-state index contributed by atoms with van der Waals surface area (Å²) in [7, 11) is 3.47. The Morgan fingerprint density at radius 2 is 1.95 bits per heavy atom. The number of rotatable bonds is 2. The van der Waals surface area contributed by atoms with E-state index in [9.17, 15) is 9.59 Å². The van der Waals surface area contributed by atoms with Crippen LogP contribution in [0.1, 0.15) is 28.8 Å². The summed E-state index contributed by atoms with van der Waals surface area (Å²) in [5.74, 6) is -0.0183. The third kappa shape index (κ3) is 2.62. The van der Waals surface area contributed by atoms with E-state index in [1.54, 1.807) is 23.9 Å². The van der Waals surface area contributed by atoms with Crippen molar-refractivity contribution in [2.45, 2.75) is 25.8 Å². The standard InChI is InChI=1S/C15H20N2O2/c1-11-7-4-5-8-12(11)14(18)17-10-6-9-13(17)15(19)16(2)3/h4-5,7-8,13H,6,9-10H2,1-3H3. The Hall–Kier alpha value is -1.84. The molecule has 102 valence electrons. The van der Waals surface area contributed by atoms with E-state index in [-0.39, 0.29) is 17.9 Å². The monoisotopic (exact) mass is 260 g/mol. The maximum Gasteiger partial charge on any atom is 0.254 e. The molecule has 1 aliphatic rings. The van der Waals surface area contributed by atoms with Gasteiger partial charge in [-0.3, -0.25) is 9.59 Å². The van der Waals surface area contributed by atoms with E-state index in [0.29, 0.717) is 12.1 Å². The van der Waals surface area contributed by atoms with E-state index in [4.69, 9.17) is 0 Å². The molecule has 0 aliphatic carbocycles. The van der Waals surface area contributed by atoms with Crippen LogP contribution in [0.2, 0.25) is 0 Å². The number of hydrogen-bond donors (Lipinski definition) is 0. The molecule has 1 heterocycles. The van der Waals surface area contributed by atoms with Gasteiger partial charge in [0.25, 0.3) is 5.91 Å². The zero-order chi connectivity index (χ0) is 14.0. The van der Waals surface area contributed by atoms with Crippen LogP contribution in [-0.4, -0.2) is 48.3 Å². The highest BCUT2D eigenvalue weighted by Crippen LogP contribution is 2.22. The average molecular weight is 260 g/mol. The quantitative estimate of drug-likeness (QED) is 0.812. The molecule has 0 N–H and O–H groups in total. The summed E-state index contributed by atoms with van der Waals surface area (Å²) in [4.78, 5) is 27.9. The molecule has 0 saturated carbocycles. The number of aryl methyl sites for hydroxylation is 1. The van der Waals surface area contributed by atoms with E-state index in [2.05, 4.69) is 0 Å². The minimum absolute atomic E-state index is 0.0134. The van der Waals surface area contributed by atoms with Gasteiger partial charge in [0.2, 0.25) is 5.91 Å². The zero-order valence-corrected chi connectivity index (χ0v) is 11.7. The average Bonchev–Trinajstić information content (AvgIpc) is 2.86. The summed E-state index contributed by atoms with van der Waals surface area (Å²) >= 11 is 0. The molecule has 4 nitrogen and oxygen atoms in total. The molecule has 2 amide bonds. The molecule has 2 rings (SSSR count). The van der Waals surface area contributed by atoms with E-state index in [0.717, 1.165) is 18.4 Å². The first kappa shape index (κ1) is 13.6. The molecule has 1 saturated heterocycles. The SMILES string of the molecule is Cc1ccccc1C(=O)N1CCCC1C(=O)N(C)C. The second-order valence-corrected chi connectivity index (χ2v) is 5.20. The first-order valence-corrected chi connectivity index (χ1v) is 6.60. The summed E-state index contributed by atoms with van der Waals surface area (Å²) in [6.45, 7) is 2.59. The van der Waals surface area contributed by atoms with Gasteiger partial charge in [0.1, 0.15) is 6.04 Å². The predicted molar refractivity (Wildman–Crippen MR) is 73.9 cm³/mol. The lowest BCUT2D eigenvalue weighted by molar-refractivity contribution is -0.132. The molecule has 1 unspecified atom stereocenters. The topological polar surface area (TPSA) is 40.6 Å². The molecule has 0 radical (unpaired) electrons. The van der Waals surface area contributed by atoms with Crippen molar-refractivity contribution in [3.8, 4) is 0 Å². The van der Waals surface area contributed by atoms with Crippen molar-refractivity contribution < 1.29 is 9.59 Å². The minimum Gasteiger partial charge on any atom is -0.347 e. The Morgan fingerprint density at radius 1 is 1.26 bits per heavy atom. The fraction of sp³-hybridized carbons (Fsp3) is 0.467. The molecule has 1 atom stereocenters. The third-order valence-corrected chi connectivity index (χ3v) is 3.61. The normalized spacial score (nSPS) is 18.5. The van der Waals surface area contributed by atoms with Crippen LogP contribution < -0.4 is 0 Å². The van der Waals surface area contributed by atoms with Gasteiger partial charge in [-0.1, -0.05) is 18.2 Å². The van der Waals surface area contributed by atoms with Crippen molar-refractivity contribution in [1.29, 1.82) is 0 Å². The number of hydrogen-bond acceptors (Lipinski definition) is 2. The Bertz CT molecular complexity index is 497. The third-order valence-electron chi connectivity index (χ3n) is 3.61. The van der Waals surface area contributed by atoms with Gasteiger partial charge in [-0.2, -0.15) is 0 Å². The van der Waals surface area contributed by atoms with Crippen LogP contribution in [0.4, 0.5) is 0 Å². The number of nitrogens with zero attached hydrogens (tertiary/aromatic N) is 2. The lowest BCUT2D eigenvalue weighted by atomic mass is 10.1. The van der Waals surface area contributed by atoms with E-state index in [1.807, 2.05) is 31.2 Å². The largest absolute Gasteiger partial charge is 0.347 e. The maximum absolute atomic E-state index is 12.6. The van der Waals surface area contributed by atoms with Gasteiger partial charge in [-0.15, -0.1) is 0 Å². The van der Waals surface area contributed by atoms with E-state index < -0.39 is 0 Å². The fourth-order valence-electron chi connectivity index (χ4n) is 2.53. The molecule has 0 aromatic heterocycles. The number of amides is 2. The molecule has 0 spiro atoms. The molecular weight excluding hydrogens is 240 g/mol. The van der Waals surface area contributed by atoms with Crippen molar-refractivity contribution in [3.05, 3.63) is 35.4 Å². The van der Waals surface area contributed by atoms with Gasteiger partial charge in [0, 0.05) is 26.2 Å². The first-order chi connectivity index (χ1) is 9.02. The van der Waals surface area contributed by atoms with Crippen LogP contribution >= 0.6 is 0 Å². The second kappa shape index (κ2) is 5.43. The number of likely N-dealkylation sites (tertiary alicyclic amines) is 1. The van der Waals surface area contributed by atoms with Crippen LogP contribution in [0.5, 0.6) is 0 Å². The summed E-state index contributed by atoms with van der Waals surface area (Å²) in [5.41, 5.74) is 1.65. The molecular formula is C15H20N2O2. The number of likely N-dealkylation sites (N-methyl/N-ethyl adjacent to an activating group) is 1. The molecule has 4 heteroatoms. The number of carbonyl (C=O) groups is 2. The van der Waals surface area contributed by atoms with Crippen LogP contribution in [0, 0.1) is 6.92 Å². The molecule has 1 aromatic rings. The van der Waals surface area contributed by atoms with Crippen LogP contribution in [-0.2, 0) is 4.79 Å². The van der Waals surface area contributed by atoms with Crippen LogP contribution in [0.15, 0.2) is 24.3 Å². The van der Waals surface area contributed by atoms with Crippen LogP contribution in [0.25, 0.3) is 0 Å². The Kier molecular flexibility index (Phi) is 3.88. The van der Waals surface area contributed by atoms with Crippen molar-refractivity contribution >= 4 is 11.8 Å². The number of benzene rings is 1. The molecule has 1 aliphatic heterocycles. The predicted octanol–water partition coefficient (Wildman–Crippen LogP) is 1.69. The summed E-state index contributed by atoms with van der Waals surface area (Å²) in [6, 6.07) is 7.22. The van der Waals surface area contributed by atoms with Crippen molar-refractivity contribution in [3.63, 3.8) is 0 Å². The van der Waals surface area contributed by atoms with Gasteiger partial charge < -0.3 is 9.80 Å². The maximum atomic E-state index is 12.6. The highest BCUT2D eigenvalue weighted by Gasteiger charge is 2.35. The lowest BCUT2D eigenvalue weighted by Gasteiger charge is -2.26. The summed E-state index contributed by atoms with van der Waals surface area (Å²) in [5, 5.41) is 0. The van der Waals surface area contributed by atoms with Gasteiger partial charge in [-0.25, -0.2) is 0 Å². The smallest absolute Gasteiger partial charge is 0.254 e. The molecule has 19 heavy (non-hydrogen) atoms. The van der Waals surface area contributed by atoms with Crippen molar-refractivity contribution in [2.75, 3.05) is 20.6 Å². The molecule has 1 fully saturated rings. The fourth-order valence-corrected chi connectivity index (χ4v) is 2.53. The van der Waals surface area contributed by atoms with Crippen molar-refractivity contribution in [1.82, 2.24) is 9.80 Å². The zero-order valence-electron chi connectivity index (χ0n) is 11.7. The highest BCUT2D eigenvalue weighted by atomic mass is 16.2. The Labute approximate surface area is 114 Å². The second-order valence-electron chi connectivity index (χ2n) is 5.20. The van der Waals surface area contributed by atoms with E-state index >= 15 is 0 Å². The molecule has 1 aromatic carbocycles.